The number of carbonyl (C=O) groups is 1. The normalized spacial score (nSPS) is 15.6. The minimum absolute atomic E-state index is 0.142. The van der Waals surface area contributed by atoms with Crippen LogP contribution in [-0.2, 0) is 9.53 Å². The maximum atomic E-state index is 11.9. The van der Waals surface area contributed by atoms with Gasteiger partial charge in [-0.25, -0.2) is 9.79 Å². The quantitative estimate of drug-likeness (QED) is 0.641. The molecule has 0 fully saturated rings. The lowest BCUT2D eigenvalue weighted by molar-refractivity contribution is -0.130. The van der Waals surface area contributed by atoms with Gasteiger partial charge in [-0.3, -0.25) is 0 Å². The average molecular weight is 299 g/mol. The van der Waals surface area contributed by atoms with E-state index in [0.717, 1.165) is 0 Å². The Morgan fingerprint density at radius 2 is 2.00 bits per heavy atom. The first-order valence-electron chi connectivity index (χ1n) is 6.50. The number of rotatable bonds is 4. The Morgan fingerprint density at radius 1 is 1.14 bits per heavy atom. The Bertz CT molecular complexity index is 759. The number of methoxy groups -OCH3 is 2. The largest absolute Gasteiger partial charge is 0.493 e. The molecule has 3 rings (SSSR count). The summed E-state index contributed by atoms with van der Waals surface area (Å²) in [7, 11) is 3.08. The smallest absolute Gasteiger partial charge is 0.363 e. The molecule has 0 aliphatic carbocycles. The van der Waals surface area contributed by atoms with Crippen LogP contribution in [0.4, 0.5) is 0 Å². The minimum atomic E-state index is -0.545. The number of nitrogens with zero attached hydrogens (tertiary/aromatic N) is 1. The summed E-state index contributed by atoms with van der Waals surface area (Å²) in [4.78, 5) is 16.1. The van der Waals surface area contributed by atoms with Crippen molar-refractivity contribution in [2.45, 2.75) is 0 Å². The SMILES string of the molecule is COc1cccc(/C=C2/N=C(c3ccco3)OC2=O)c1OC. The molecular weight excluding hydrogens is 286 g/mol. The Hall–Kier alpha value is -3.02. The highest BCUT2D eigenvalue weighted by Gasteiger charge is 2.26. The van der Waals surface area contributed by atoms with Gasteiger partial charge in [0.05, 0.1) is 20.5 Å². The molecule has 0 bridgehead atoms. The van der Waals surface area contributed by atoms with E-state index in [4.69, 9.17) is 18.6 Å². The summed E-state index contributed by atoms with van der Waals surface area (Å²) < 4.78 is 20.8. The second-order valence-electron chi connectivity index (χ2n) is 4.40. The Kier molecular flexibility index (Phi) is 3.65. The zero-order chi connectivity index (χ0) is 15.5. The van der Waals surface area contributed by atoms with Crippen molar-refractivity contribution in [3.05, 3.63) is 53.6 Å². The summed E-state index contributed by atoms with van der Waals surface area (Å²) in [5.41, 5.74) is 0.830. The lowest BCUT2D eigenvalue weighted by Crippen LogP contribution is -2.04. The molecule has 1 aliphatic rings. The van der Waals surface area contributed by atoms with Crippen molar-refractivity contribution >= 4 is 17.9 Å². The van der Waals surface area contributed by atoms with E-state index in [-0.39, 0.29) is 11.6 Å². The Balaban J connectivity index is 2.00. The molecule has 6 heteroatoms. The van der Waals surface area contributed by atoms with Gasteiger partial charge in [0.25, 0.3) is 5.90 Å². The first-order valence-corrected chi connectivity index (χ1v) is 6.50. The second-order valence-corrected chi connectivity index (χ2v) is 4.40. The molecule has 0 amide bonds. The van der Waals surface area contributed by atoms with Crippen LogP contribution < -0.4 is 9.47 Å². The first kappa shape index (κ1) is 13.9. The zero-order valence-electron chi connectivity index (χ0n) is 12.0. The number of hydrogen-bond donors (Lipinski definition) is 0. The third kappa shape index (κ3) is 2.46. The van der Waals surface area contributed by atoms with Crippen LogP contribution >= 0.6 is 0 Å². The van der Waals surface area contributed by atoms with E-state index in [1.165, 1.54) is 13.4 Å². The fourth-order valence-corrected chi connectivity index (χ4v) is 2.09. The van der Waals surface area contributed by atoms with E-state index < -0.39 is 5.97 Å². The zero-order valence-corrected chi connectivity index (χ0v) is 12.0. The molecule has 6 nitrogen and oxygen atoms in total. The van der Waals surface area contributed by atoms with Gasteiger partial charge in [-0.2, -0.15) is 0 Å². The van der Waals surface area contributed by atoms with Crippen molar-refractivity contribution in [2.75, 3.05) is 14.2 Å². The van der Waals surface area contributed by atoms with E-state index in [0.29, 0.717) is 22.8 Å². The fraction of sp³-hybridized carbons (Fsp3) is 0.125. The van der Waals surface area contributed by atoms with Crippen LogP contribution in [0.15, 0.2) is 51.7 Å². The summed E-state index contributed by atoms with van der Waals surface area (Å²) in [5, 5.41) is 0. The molecule has 0 unspecified atom stereocenters. The number of ether oxygens (including phenoxy) is 3. The van der Waals surface area contributed by atoms with Crippen LogP contribution in [0.2, 0.25) is 0 Å². The lowest BCUT2D eigenvalue weighted by atomic mass is 10.1. The number of carbonyl (C=O) groups excluding carboxylic acids is 1. The molecule has 112 valence electrons. The maximum Gasteiger partial charge on any atom is 0.363 e. The van der Waals surface area contributed by atoms with Gasteiger partial charge in [0.1, 0.15) is 0 Å². The monoisotopic (exact) mass is 299 g/mol. The fourth-order valence-electron chi connectivity index (χ4n) is 2.09. The van der Waals surface area contributed by atoms with E-state index in [9.17, 15) is 4.79 Å². The molecule has 0 radical (unpaired) electrons. The topological polar surface area (TPSA) is 70.3 Å². The van der Waals surface area contributed by atoms with Gasteiger partial charge >= 0.3 is 5.97 Å². The van der Waals surface area contributed by atoms with E-state index in [2.05, 4.69) is 4.99 Å². The van der Waals surface area contributed by atoms with Gasteiger partial charge in [0.2, 0.25) is 0 Å². The number of furan rings is 1. The van der Waals surface area contributed by atoms with Crippen molar-refractivity contribution < 1.29 is 23.4 Å². The molecule has 2 aromatic rings. The third-order valence-electron chi connectivity index (χ3n) is 3.08. The molecule has 22 heavy (non-hydrogen) atoms. The molecule has 1 aromatic heterocycles. The minimum Gasteiger partial charge on any atom is -0.493 e. The van der Waals surface area contributed by atoms with Crippen molar-refractivity contribution in [1.29, 1.82) is 0 Å². The molecule has 0 N–H and O–H groups in total. The summed E-state index contributed by atoms with van der Waals surface area (Å²) >= 11 is 0. The van der Waals surface area contributed by atoms with Crippen molar-refractivity contribution in [1.82, 2.24) is 0 Å². The van der Waals surface area contributed by atoms with Crippen molar-refractivity contribution in [2.24, 2.45) is 4.99 Å². The highest BCUT2D eigenvalue weighted by atomic mass is 16.6. The van der Waals surface area contributed by atoms with Gasteiger partial charge in [-0.1, -0.05) is 12.1 Å². The number of cyclic esters (lactones) is 1. The molecule has 1 aliphatic heterocycles. The predicted octanol–water partition coefficient (Wildman–Crippen LogP) is 2.64. The highest BCUT2D eigenvalue weighted by molar-refractivity contribution is 6.12. The molecule has 0 saturated heterocycles. The van der Waals surface area contributed by atoms with Crippen LogP contribution in [0, 0.1) is 0 Å². The molecule has 1 aromatic carbocycles. The van der Waals surface area contributed by atoms with Gasteiger partial charge in [-0.05, 0) is 24.3 Å². The number of hydrogen-bond acceptors (Lipinski definition) is 6. The molecule has 2 heterocycles. The highest BCUT2D eigenvalue weighted by Crippen LogP contribution is 2.33. The van der Waals surface area contributed by atoms with Gasteiger partial charge in [-0.15, -0.1) is 0 Å². The number of benzene rings is 1. The van der Waals surface area contributed by atoms with Crippen LogP contribution in [0.3, 0.4) is 0 Å². The van der Waals surface area contributed by atoms with Gasteiger partial charge in [0.15, 0.2) is 23.0 Å². The van der Waals surface area contributed by atoms with E-state index >= 15 is 0 Å². The molecule has 0 saturated carbocycles. The third-order valence-corrected chi connectivity index (χ3v) is 3.08. The summed E-state index contributed by atoms with van der Waals surface area (Å²) in [6.07, 6.45) is 3.07. The van der Waals surface area contributed by atoms with Gasteiger partial charge < -0.3 is 18.6 Å². The number of esters is 1. The maximum absolute atomic E-state index is 11.9. The first-order chi connectivity index (χ1) is 10.7. The molecule has 0 atom stereocenters. The standard InChI is InChI=1S/C16H13NO5/c1-19-12-6-3-5-10(14(12)20-2)9-11-16(18)22-15(17-11)13-7-4-8-21-13/h3-9H,1-2H3/b11-9+. The van der Waals surface area contributed by atoms with Crippen LogP contribution in [-0.4, -0.2) is 26.1 Å². The summed E-state index contributed by atoms with van der Waals surface area (Å²) in [5.74, 6) is 1.08. The molecular formula is C16H13NO5. The van der Waals surface area contributed by atoms with Crippen molar-refractivity contribution in [3.63, 3.8) is 0 Å². The Morgan fingerprint density at radius 3 is 2.68 bits per heavy atom. The van der Waals surface area contributed by atoms with Crippen molar-refractivity contribution in [3.8, 4) is 11.5 Å². The number of para-hydroxylation sites is 1. The second kappa shape index (κ2) is 5.77. The van der Waals surface area contributed by atoms with E-state index in [1.807, 2.05) is 0 Å². The van der Waals surface area contributed by atoms with Crippen LogP contribution in [0.1, 0.15) is 11.3 Å². The lowest BCUT2D eigenvalue weighted by Gasteiger charge is -2.09. The number of aliphatic imine (C=N–C) groups is 1. The summed E-state index contributed by atoms with van der Waals surface area (Å²) in [6, 6.07) is 8.72. The predicted molar refractivity (Wildman–Crippen MR) is 78.9 cm³/mol. The Labute approximate surface area is 126 Å². The van der Waals surface area contributed by atoms with E-state index in [1.54, 1.807) is 43.5 Å². The van der Waals surface area contributed by atoms with Crippen LogP contribution in [0.25, 0.3) is 6.08 Å². The molecule has 0 spiro atoms. The average Bonchev–Trinajstić information content (AvgIpc) is 3.17. The summed E-state index contributed by atoms with van der Waals surface area (Å²) in [6.45, 7) is 0. The van der Waals surface area contributed by atoms with Crippen LogP contribution in [0.5, 0.6) is 11.5 Å². The van der Waals surface area contributed by atoms with Gasteiger partial charge in [0, 0.05) is 5.56 Å².